The minimum Gasteiger partial charge on any atom is -0.345 e. The van der Waals surface area contributed by atoms with Gasteiger partial charge in [-0.3, -0.25) is 19.4 Å². The molecule has 0 fully saturated rings. The average Bonchev–Trinajstić information content (AvgIpc) is 2.88. The molecule has 5 aromatic rings. The van der Waals surface area contributed by atoms with E-state index in [0.29, 0.717) is 23.2 Å². The third kappa shape index (κ3) is 4.31. The molecule has 0 aliphatic rings. The van der Waals surface area contributed by atoms with E-state index in [4.69, 9.17) is 10.4 Å². The van der Waals surface area contributed by atoms with Gasteiger partial charge in [0.15, 0.2) is 0 Å². The van der Waals surface area contributed by atoms with E-state index in [-0.39, 0.29) is 22.7 Å². The maximum atomic E-state index is 13.5. The van der Waals surface area contributed by atoms with Crippen LogP contribution in [0.1, 0.15) is 45.6 Å². The zero-order chi connectivity index (χ0) is 25.4. The van der Waals surface area contributed by atoms with Crippen molar-refractivity contribution in [2.24, 2.45) is 0 Å². The number of aryl methyl sites for hydroxylation is 2. The quantitative estimate of drug-likeness (QED) is 0.370. The van der Waals surface area contributed by atoms with Crippen LogP contribution < -0.4 is 16.4 Å². The van der Waals surface area contributed by atoms with Gasteiger partial charge in [-0.05, 0) is 49.6 Å². The number of carbonyl (C=O) groups is 1. The van der Waals surface area contributed by atoms with Gasteiger partial charge in [0, 0.05) is 6.20 Å². The zero-order valence-corrected chi connectivity index (χ0v) is 20.4. The predicted molar refractivity (Wildman–Crippen MR) is 140 cm³/mol. The number of pyridine rings is 2. The van der Waals surface area contributed by atoms with Crippen molar-refractivity contribution in [2.45, 2.75) is 33.4 Å². The van der Waals surface area contributed by atoms with Gasteiger partial charge in [0.1, 0.15) is 16.8 Å². The van der Waals surface area contributed by atoms with Gasteiger partial charge in [0.05, 0.1) is 23.5 Å². The first kappa shape index (κ1) is 23.2. The van der Waals surface area contributed by atoms with Crippen LogP contribution in [0.15, 0.2) is 83.8 Å². The fraction of sp³-hybridized carbons (Fsp3) is 0.172. The summed E-state index contributed by atoms with van der Waals surface area (Å²) in [5.41, 5.74) is 4.67. The maximum Gasteiger partial charge on any atom is 0.267 e. The molecule has 0 aliphatic heterocycles. The molecule has 3 heterocycles. The van der Waals surface area contributed by atoms with E-state index in [1.54, 1.807) is 16.8 Å². The first-order chi connectivity index (χ1) is 17.3. The van der Waals surface area contributed by atoms with Crippen LogP contribution in [0.25, 0.3) is 16.7 Å². The molecule has 1 amide bonds. The minimum atomic E-state index is -0.412. The van der Waals surface area contributed by atoms with Gasteiger partial charge in [-0.25, -0.2) is 4.98 Å². The van der Waals surface area contributed by atoms with Crippen molar-refractivity contribution in [1.29, 1.82) is 5.41 Å². The number of carbonyl (C=O) groups excluding carboxylic acids is 1. The monoisotopic (exact) mass is 477 g/mol. The lowest BCUT2D eigenvalue weighted by atomic mass is 10.1. The highest BCUT2D eigenvalue weighted by Gasteiger charge is 2.19. The fourth-order valence-corrected chi connectivity index (χ4v) is 4.35. The van der Waals surface area contributed by atoms with E-state index in [1.165, 1.54) is 10.5 Å². The summed E-state index contributed by atoms with van der Waals surface area (Å²) in [5.74, 6) is -0.412. The van der Waals surface area contributed by atoms with E-state index < -0.39 is 5.91 Å². The molecule has 180 valence electrons. The van der Waals surface area contributed by atoms with Crippen molar-refractivity contribution in [3.05, 3.63) is 123 Å². The van der Waals surface area contributed by atoms with Crippen LogP contribution >= 0.6 is 0 Å². The number of aromatic nitrogens is 3. The molecule has 1 atom stereocenters. The molecule has 0 saturated heterocycles. The van der Waals surface area contributed by atoms with Crippen molar-refractivity contribution in [3.63, 3.8) is 0 Å². The molecule has 0 radical (unpaired) electrons. The highest BCUT2D eigenvalue weighted by molar-refractivity contribution is 5.97. The van der Waals surface area contributed by atoms with Gasteiger partial charge in [-0.2, -0.15) is 0 Å². The Morgan fingerprint density at radius 3 is 2.42 bits per heavy atom. The topological polar surface area (TPSA) is 92.2 Å². The van der Waals surface area contributed by atoms with Crippen LogP contribution in [0.2, 0.25) is 0 Å². The summed E-state index contributed by atoms with van der Waals surface area (Å²) in [4.78, 5) is 31.7. The van der Waals surface area contributed by atoms with Gasteiger partial charge in [-0.1, -0.05) is 66.2 Å². The van der Waals surface area contributed by atoms with Crippen LogP contribution in [0, 0.1) is 19.3 Å². The molecule has 7 nitrogen and oxygen atoms in total. The van der Waals surface area contributed by atoms with Crippen molar-refractivity contribution in [1.82, 2.24) is 19.3 Å². The number of nitrogens with zero attached hydrogens (tertiary/aromatic N) is 3. The van der Waals surface area contributed by atoms with Gasteiger partial charge in [0.2, 0.25) is 0 Å². The van der Waals surface area contributed by atoms with Crippen molar-refractivity contribution in [2.75, 3.05) is 0 Å². The van der Waals surface area contributed by atoms with Gasteiger partial charge in [0.25, 0.3) is 11.5 Å². The second-order valence-corrected chi connectivity index (χ2v) is 9.17. The smallest absolute Gasteiger partial charge is 0.267 e. The molecule has 0 aliphatic carbocycles. The zero-order valence-electron chi connectivity index (χ0n) is 20.4. The third-order valence-electron chi connectivity index (χ3n) is 6.41. The summed E-state index contributed by atoms with van der Waals surface area (Å²) < 4.78 is 3.13. The number of hydrogen-bond acceptors (Lipinski definition) is 4. The van der Waals surface area contributed by atoms with Crippen LogP contribution in [-0.4, -0.2) is 19.9 Å². The molecule has 7 heteroatoms. The molecule has 0 saturated carbocycles. The Morgan fingerprint density at radius 2 is 1.69 bits per heavy atom. The standard InChI is InChI=1S/C29H27N5O2/c1-18-9-12-21(13-10-18)17-34-26(30)23(28(35)31-20(3)22-7-5-4-6-8-22)15-24-27(34)32-25-14-11-19(2)16-33(25)29(24)36/h4-16,20,30H,17H2,1-3H3,(H,31,35). The summed E-state index contributed by atoms with van der Waals surface area (Å²) in [7, 11) is 0. The first-order valence-electron chi connectivity index (χ1n) is 11.8. The Kier molecular flexibility index (Phi) is 5.98. The molecule has 0 spiro atoms. The second kappa shape index (κ2) is 9.26. The lowest BCUT2D eigenvalue weighted by Gasteiger charge is -2.17. The number of amides is 1. The van der Waals surface area contributed by atoms with E-state index in [2.05, 4.69) is 5.32 Å². The highest BCUT2D eigenvalue weighted by Crippen LogP contribution is 2.16. The van der Waals surface area contributed by atoms with Gasteiger partial charge >= 0.3 is 0 Å². The van der Waals surface area contributed by atoms with Crippen LogP contribution in [0.5, 0.6) is 0 Å². The second-order valence-electron chi connectivity index (χ2n) is 9.17. The lowest BCUT2D eigenvalue weighted by molar-refractivity contribution is 0.0937. The molecule has 1 unspecified atom stereocenters. The fourth-order valence-electron chi connectivity index (χ4n) is 4.35. The Hall–Kier alpha value is -4.52. The van der Waals surface area contributed by atoms with Crippen LogP contribution in [-0.2, 0) is 6.54 Å². The number of rotatable bonds is 5. The van der Waals surface area contributed by atoms with E-state index >= 15 is 0 Å². The van der Waals surface area contributed by atoms with Crippen LogP contribution in [0.3, 0.4) is 0 Å². The number of benzene rings is 2. The first-order valence-corrected chi connectivity index (χ1v) is 11.8. The predicted octanol–water partition coefficient (Wildman–Crippen LogP) is 4.28. The molecule has 3 aromatic heterocycles. The van der Waals surface area contributed by atoms with E-state index in [1.807, 2.05) is 81.4 Å². The SMILES string of the molecule is Cc1ccc(Cn2c(=N)c(C(=O)NC(C)c3ccccc3)cc3c(=O)n4cc(C)ccc4nc32)cc1. The summed E-state index contributed by atoms with van der Waals surface area (Å²) >= 11 is 0. The highest BCUT2D eigenvalue weighted by atomic mass is 16.2. The van der Waals surface area contributed by atoms with Gasteiger partial charge in [-0.15, -0.1) is 0 Å². The van der Waals surface area contributed by atoms with Crippen LogP contribution in [0.4, 0.5) is 0 Å². The Morgan fingerprint density at radius 1 is 1.00 bits per heavy atom. The Balaban J connectivity index is 1.70. The summed E-state index contributed by atoms with van der Waals surface area (Å²) in [6.45, 7) is 6.12. The van der Waals surface area contributed by atoms with Crippen molar-refractivity contribution < 1.29 is 4.79 Å². The molecular formula is C29H27N5O2. The average molecular weight is 478 g/mol. The molecule has 36 heavy (non-hydrogen) atoms. The number of fused-ring (bicyclic) bond motifs is 2. The summed E-state index contributed by atoms with van der Waals surface area (Å²) in [5, 5.41) is 12.2. The lowest BCUT2D eigenvalue weighted by Crippen LogP contribution is -2.36. The third-order valence-corrected chi connectivity index (χ3v) is 6.41. The van der Waals surface area contributed by atoms with E-state index in [9.17, 15) is 9.59 Å². The maximum absolute atomic E-state index is 13.5. The molecular weight excluding hydrogens is 450 g/mol. The molecule has 2 N–H and O–H groups in total. The molecule has 0 bridgehead atoms. The Labute approximate surface area is 208 Å². The van der Waals surface area contributed by atoms with Crippen molar-refractivity contribution in [3.8, 4) is 0 Å². The Bertz CT molecular complexity index is 1720. The normalized spacial score (nSPS) is 12.1. The van der Waals surface area contributed by atoms with Gasteiger partial charge < -0.3 is 9.88 Å². The minimum absolute atomic E-state index is 0.00389. The number of nitrogens with one attached hydrogen (secondary N) is 2. The summed E-state index contributed by atoms with van der Waals surface area (Å²) in [6, 6.07) is 22.5. The number of hydrogen-bond donors (Lipinski definition) is 2. The van der Waals surface area contributed by atoms with E-state index in [0.717, 1.165) is 22.3 Å². The largest absolute Gasteiger partial charge is 0.345 e. The van der Waals surface area contributed by atoms with Crippen molar-refractivity contribution >= 4 is 22.6 Å². The summed E-state index contributed by atoms with van der Waals surface area (Å²) in [6.07, 6.45) is 1.74. The molecule has 5 rings (SSSR count). The molecule has 2 aromatic carbocycles.